The van der Waals surface area contributed by atoms with Crippen molar-refractivity contribution >= 4 is 5.91 Å². The maximum atomic E-state index is 12.7. The first-order valence-electron chi connectivity index (χ1n) is 8.35. The van der Waals surface area contributed by atoms with E-state index in [-0.39, 0.29) is 17.7 Å². The Morgan fingerprint density at radius 1 is 1.24 bits per heavy atom. The minimum absolute atomic E-state index is 0.00905. The molecule has 1 aliphatic heterocycles. The van der Waals surface area contributed by atoms with Crippen molar-refractivity contribution < 1.29 is 9.90 Å². The molecular formula is C20H21N3O2. The number of rotatable bonds is 3. The van der Waals surface area contributed by atoms with Crippen LogP contribution in [-0.4, -0.2) is 46.5 Å². The van der Waals surface area contributed by atoms with Gasteiger partial charge in [-0.1, -0.05) is 36.4 Å². The minimum atomic E-state index is -0.356. The summed E-state index contributed by atoms with van der Waals surface area (Å²) in [6, 6.07) is 17.0. The molecule has 1 amide bonds. The summed E-state index contributed by atoms with van der Waals surface area (Å²) in [5.74, 6) is -0.234. The lowest BCUT2D eigenvalue weighted by molar-refractivity contribution is 0.0549. The first-order chi connectivity index (χ1) is 12.1. The van der Waals surface area contributed by atoms with Gasteiger partial charge in [-0.15, -0.1) is 0 Å². The molecule has 3 rings (SSSR count). The normalized spacial score (nSPS) is 17.9. The number of phenolic OH excluding ortho intramolecular Hbond substituents is 1. The molecule has 5 heteroatoms. The molecule has 0 unspecified atom stereocenters. The number of hydrogen-bond acceptors (Lipinski definition) is 4. The average Bonchev–Trinajstić information content (AvgIpc) is 2.62. The topological polar surface area (TPSA) is 67.6 Å². The van der Waals surface area contributed by atoms with Crippen LogP contribution >= 0.6 is 0 Å². The van der Waals surface area contributed by atoms with E-state index in [1.165, 1.54) is 0 Å². The summed E-state index contributed by atoms with van der Waals surface area (Å²) in [5, 5.41) is 19.6. The van der Waals surface area contributed by atoms with E-state index in [1.54, 1.807) is 23.1 Å². The molecule has 2 aromatic rings. The second-order valence-corrected chi connectivity index (χ2v) is 6.37. The van der Waals surface area contributed by atoms with E-state index in [2.05, 4.69) is 11.0 Å². The number of piperazine rings is 1. The molecule has 1 saturated heterocycles. The number of benzene rings is 2. The molecule has 128 valence electrons. The maximum Gasteiger partial charge on any atom is 0.257 e. The number of hydrogen-bond donors (Lipinski definition) is 1. The van der Waals surface area contributed by atoms with E-state index >= 15 is 0 Å². The summed E-state index contributed by atoms with van der Waals surface area (Å²) in [7, 11) is 0. The van der Waals surface area contributed by atoms with Crippen LogP contribution < -0.4 is 0 Å². The van der Waals surface area contributed by atoms with Crippen LogP contribution in [0.15, 0.2) is 48.5 Å². The van der Waals surface area contributed by atoms with Crippen molar-refractivity contribution in [3.8, 4) is 11.8 Å². The first-order valence-corrected chi connectivity index (χ1v) is 8.35. The van der Waals surface area contributed by atoms with Gasteiger partial charge >= 0.3 is 0 Å². The quantitative estimate of drug-likeness (QED) is 0.936. The summed E-state index contributed by atoms with van der Waals surface area (Å²) >= 11 is 0. The SMILES string of the molecule is Cc1ccc(C(=O)N2CCN(Cc3ccccc3)[C@@H](C#N)C2)c(O)c1. The van der Waals surface area contributed by atoms with E-state index in [4.69, 9.17) is 0 Å². The van der Waals surface area contributed by atoms with E-state index in [9.17, 15) is 15.2 Å². The van der Waals surface area contributed by atoms with E-state index < -0.39 is 0 Å². The molecule has 0 aliphatic carbocycles. The molecule has 1 fully saturated rings. The fourth-order valence-electron chi connectivity index (χ4n) is 3.13. The van der Waals surface area contributed by atoms with Gasteiger partial charge in [-0.2, -0.15) is 5.26 Å². The second kappa shape index (κ2) is 7.37. The molecule has 0 bridgehead atoms. The molecular weight excluding hydrogens is 314 g/mol. The third kappa shape index (κ3) is 3.81. The van der Waals surface area contributed by atoms with Crippen LogP contribution in [0.25, 0.3) is 0 Å². The largest absolute Gasteiger partial charge is 0.507 e. The van der Waals surface area contributed by atoms with Crippen molar-refractivity contribution in [2.45, 2.75) is 19.5 Å². The Morgan fingerprint density at radius 3 is 2.68 bits per heavy atom. The fraction of sp³-hybridized carbons (Fsp3) is 0.300. The van der Waals surface area contributed by atoms with Gasteiger partial charge in [0.25, 0.3) is 5.91 Å². The molecule has 5 nitrogen and oxygen atoms in total. The molecule has 25 heavy (non-hydrogen) atoms. The van der Waals surface area contributed by atoms with Gasteiger partial charge in [0.1, 0.15) is 11.8 Å². The monoisotopic (exact) mass is 335 g/mol. The summed E-state index contributed by atoms with van der Waals surface area (Å²) in [4.78, 5) is 16.4. The van der Waals surface area contributed by atoms with Gasteiger partial charge in [-0.3, -0.25) is 9.69 Å². The molecule has 2 aromatic carbocycles. The van der Waals surface area contributed by atoms with E-state index in [0.29, 0.717) is 31.7 Å². The van der Waals surface area contributed by atoms with Gasteiger partial charge in [0, 0.05) is 26.2 Å². The van der Waals surface area contributed by atoms with Gasteiger partial charge < -0.3 is 10.0 Å². The maximum absolute atomic E-state index is 12.7. The first kappa shape index (κ1) is 17.0. The number of aryl methyl sites for hydroxylation is 1. The minimum Gasteiger partial charge on any atom is -0.507 e. The number of aromatic hydroxyl groups is 1. The highest BCUT2D eigenvalue weighted by atomic mass is 16.3. The van der Waals surface area contributed by atoms with E-state index in [0.717, 1.165) is 11.1 Å². The third-order valence-electron chi connectivity index (χ3n) is 4.54. The van der Waals surface area contributed by atoms with Crippen molar-refractivity contribution in [1.29, 1.82) is 5.26 Å². The summed E-state index contributed by atoms with van der Waals surface area (Å²) in [6.07, 6.45) is 0. The molecule has 0 radical (unpaired) electrons. The Bertz CT molecular complexity index is 798. The van der Waals surface area contributed by atoms with Crippen LogP contribution in [-0.2, 0) is 6.54 Å². The number of nitrogens with zero attached hydrogens (tertiary/aromatic N) is 3. The molecule has 1 N–H and O–H groups in total. The van der Waals surface area contributed by atoms with Crippen LogP contribution in [0.2, 0.25) is 0 Å². The number of carbonyl (C=O) groups is 1. The Balaban J connectivity index is 1.71. The van der Waals surface area contributed by atoms with E-state index in [1.807, 2.05) is 37.3 Å². The van der Waals surface area contributed by atoms with Gasteiger partial charge in [-0.05, 0) is 30.2 Å². The Kier molecular flexibility index (Phi) is 5.01. The van der Waals surface area contributed by atoms with Crippen molar-refractivity contribution in [2.75, 3.05) is 19.6 Å². The molecule has 1 atom stereocenters. The van der Waals surface area contributed by atoms with Gasteiger partial charge in [0.2, 0.25) is 0 Å². The lowest BCUT2D eigenvalue weighted by atomic mass is 10.1. The fourth-order valence-corrected chi connectivity index (χ4v) is 3.13. The highest BCUT2D eigenvalue weighted by Crippen LogP contribution is 2.22. The molecule has 0 spiro atoms. The lowest BCUT2D eigenvalue weighted by Gasteiger charge is -2.38. The van der Waals surface area contributed by atoms with Crippen LogP contribution in [0, 0.1) is 18.3 Å². The molecule has 1 aliphatic rings. The summed E-state index contributed by atoms with van der Waals surface area (Å²) in [6.45, 7) is 4.07. The Morgan fingerprint density at radius 2 is 2.00 bits per heavy atom. The number of phenols is 1. The average molecular weight is 335 g/mol. The highest BCUT2D eigenvalue weighted by molar-refractivity contribution is 5.97. The van der Waals surface area contributed by atoms with Gasteiger partial charge in [-0.25, -0.2) is 0 Å². The standard InChI is InChI=1S/C20H21N3O2/c1-15-7-8-18(19(24)11-15)20(25)23-10-9-22(17(12-21)14-23)13-16-5-3-2-4-6-16/h2-8,11,17,24H,9-10,13-14H2,1H3/t17-/m0/s1. The molecule has 1 heterocycles. The number of amides is 1. The van der Waals surface area contributed by atoms with Crippen LogP contribution in [0.3, 0.4) is 0 Å². The lowest BCUT2D eigenvalue weighted by Crippen LogP contribution is -2.53. The van der Waals surface area contributed by atoms with Crippen molar-refractivity contribution in [3.63, 3.8) is 0 Å². The number of carbonyl (C=O) groups excluding carboxylic acids is 1. The molecule has 0 aromatic heterocycles. The van der Waals surface area contributed by atoms with Gasteiger partial charge in [0.15, 0.2) is 0 Å². The summed E-state index contributed by atoms with van der Waals surface area (Å²) in [5.41, 5.74) is 2.34. The van der Waals surface area contributed by atoms with Gasteiger partial charge in [0.05, 0.1) is 11.6 Å². The van der Waals surface area contributed by atoms with Crippen LogP contribution in [0.1, 0.15) is 21.5 Å². The third-order valence-corrected chi connectivity index (χ3v) is 4.54. The predicted octanol–water partition coefficient (Wildman–Crippen LogP) is 2.55. The van der Waals surface area contributed by atoms with Crippen molar-refractivity contribution in [3.05, 3.63) is 65.2 Å². The summed E-state index contributed by atoms with van der Waals surface area (Å²) < 4.78 is 0. The zero-order chi connectivity index (χ0) is 17.8. The predicted molar refractivity (Wildman–Crippen MR) is 95.0 cm³/mol. The zero-order valence-corrected chi connectivity index (χ0v) is 14.2. The highest BCUT2D eigenvalue weighted by Gasteiger charge is 2.30. The van der Waals surface area contributed by atoms with Crippen LogP contribution in [0.5, 0.6) is 5.75 Å². The zero-order valence-electron chi connectivity index (χ0n) is 14.2. The van der Waals surface area contributed by atoms with Crippen molar-refractivity contribution in [2.24, 2.45) is 0 Å². The Hall–Kier alpha value is -2.84. The van der Waals surface area contributed by atoms with Crippen LogP contribution in [0.4, 0.5) is 0 Å². The number of nitriles is 1. The Labute approximate surface area is 147 Å². The molecule has 0 saturated carbocycles. The smallest absolute Gasteiger partial charge is 0.257 e. The van der Waals surface area contributed by atoms with Crippen molar-refractivity contribution in [1.82, 2.24) is 9.80 Å². The second-order valence-electron chi connectivity index (χ2n) is 6.37.